The van der Waals surface area contributed by atoms with Gasteiger partial charge in [0.2, 0.25) is 0 Å². The second-order valence-electron chi connectivity index (χ2n) is 5.45. The quantitative estimate of drug-likeness (QED) is 0.531. The summed E-state index contributed by atoms with van der Waals surface area (Å²) in [4.78, 5) is 23.6. The summed E-state index contributed by atoms with van der Waals surface area (Å²) in [7, 11) is 0. The van der Waals surface area contributed by atoms with E-state index in [9.17, 15) is 9.59 Å². The molecule has 0 heterocycles. The number of benzene rings is 2. The van der Waals surface area contributed by atoms with Crippen molar-refractivity contribution in [3.05, 3.63) is 74.7 Å². The van der Waals surface area contributed by atoms with E-state index in [0.717, 1.165) is 5.56 Å². The van der Waals surface area contributed by atoms with Crippen LogP contribution in [0.5, 0.6) is 0 Å². The Hall–Kier alpha value is -2.01. The number of amides is 1. The maximum atomic E-state index is 11.9. The highest BCUT2D eigenvalue weighted by atomic mass is 35.5. The fraction of sp³-hybridized carbons (Fsp3) is 0.158. The van der Waals surface area contributed by atoms with Gasteiger partial charge >= 0.3 is 5.97 Å². The van der Waals surface area contributed by atoms with Crippen LogP contribution in [-0.4, -0.2) is 18.5 Å². The van der Waals surface area contributed by atoms with Crippen molar-refractivity contribution in [1.82, 2.24) is 5.32 Å². The van der Waals surface area contributed by atoms with Crippen LogP contribution in [0.15, 0.2) is 48.5 Å². The summed E-state index contributed by atoms with van der Waals surface area (Å²) in [6.07, 6.45) is 2.69. The average Bonchev–Trinajstić information content (AvgIpc) is 2.59. The molecule has 4 nitrogen and oxygen atoms in total. The van der Waals surface area contributed by atoms with E-state index in [0.29, 0.717) is 20.6 Å². The van der Waals surface area contributed by atoms with E-state index in [4.69, 9.17) is 39.5 Å². The number of hydrogen-bond donors (Lipinski definition) is 1. The fourth-order valence-corrected chi connectivity index (χ4v) is 2.69. The highest BCUT2D eigenvalue weighted by Gasteiger charge is 2.11. The molecule has 0 saturated heterocycles. The maximum Gasteiger partial charge on any atom is 0.331 e. The molecule has 1 amide bonds. The zero-order valence-corrected chi connectivity index (χ0v) is 16.1. The first kappa shape index (κ1) is 20.3. The van der Waals surface area contributed by atoms with E-state index in [-0.39, 0.29) is 12.6 Å². The van der Waals surface area contributed by atoms with Gasteiger partial charge in [-0.05, 0) is 48.4 Å². The minimum absolute atomic E-state index is 0.234. The molecule has 7 heteroatoms. The van der Waals surface area contributed by atoms with Gasteiger partial charge in [0.1, 0.15) is 0 Å². The van der Waals surface area contributed by atoms with Crippen molar-refractivity contribution in [2.75, 3.05) is 6.61 Å². The number of esters is 1. The highest BCUT2D eigenvalue weighted by molar-refractivity contribution is 6.35. The third-order valence-corrected chi connectivity index (χ3v) is 4.27. The Morgan fingerprint density at radius 1 is 1.08 bits per heavy atom. The van der Waals surface area contributed by atoms with Gasteiger partial charge in [-0.2, -0.15) is 0 Å². The Labute approximate surface area is 166 Å². The normalized spacial score (nSPS) is 12.0. The van der Waals surface area contributed by atoms with E-state index in [2.05, 4.69) is 5.32 Å². The Morgan fingerprint density at radius 2 is 1.73 bits per heavy atom. The molecule has 1 N–H and O–H groups in total. The molecule has 0 saturated carbocycles. The zero-order chi connectivity index (χ0) is 19.1. The molecule has 2 rings (SSSR count). The molecule has 0 aromatic heterocycles. The largest absolute Gasteiger partial charge is 0.452 e. The third kappa shape index (κ3) is 6.37. The molecule has 136 valence electrons. The van der Waals surface area contributed by atoms with Crippen LogP contribution in [0.3, 0.4) is 0 Å². The summed E-state index contributed by atoms with van der Waals surface area (Å²) in [6.45, 7) is 1.45. The van der Waals surface area contributed by atoms with Crippen LogP contribution in [0.2, 0.25) is 15.1 Å². The van der Waals surface area contributed by atoms with Crippen LogP contribution >= 0.6 is 34.8 Å². The lowest BCUT2D eigenvalue weighted by Gasteiger charge is -2.14. The molecule has 0 radical (unpaired) electrons. The molecule has 1 atom stereocenters. The standard InChI is InChI=1S/C19H16Cl3NO3/c1-12(13-2-6-15(20)7-3-13)23-18(24)11-26-19(25)9-5-14-4-8-16(21)10-17(14)22/h2-10,12H,11H2,1H3,(H,23,24)/b9-5+/t12-/m0/s1. The summed E-state index contributed by atoms with van der Waals surface area (Å²) in [5.41, 5.74) is 1.51. The smallest absolute Gasteiger partial charge is 0.331 e. The van der Waals surface area contributed by atoms with Gasteiger partial charge in [-0.3, -0.25) is 4.79 Å². The molecule has 0 spiro atoms. The van der Waals surface area contributed by atoms with Crippen molar-refractivity contribution in [2.45, 2.75) is 13.0 Å². The molecule has 0 fully saturated rings. The molecule has 2 aromatic rings. The number of ether oxygens (including phenoxy) is 1. The lowest BCUT2D eigenvalue weighted by Crippen LogP contribution is -2.30. The fourth-order valence-electron chi connectivity index (χ4n) is 2.10. The SMILES string of the molecule is C[C@H](NC(=O)COC(=O)/C=C/c1ccc(Cl)cc1Cl)c1ccc(Cl)cc1. The van der Waals surface area contributed by atoms with Crippen molar-refractivity contribution in [2.24, 2.45) is 0 Å². The van der Waals surface area contributed by atoms with Crippen LogP contribution in [0, 0.1) is 0 Å². The lowest BCUT2D eigenvalue weighted by atomic mass is 10.1. The molecule has 0 bridgehead atoms. The molecule has 0 aliphatic heterocycles. The van der Waals surface area contributed by atoms with Crippen molar-refractivity contribution in [1.29, 1.82) is 0 Å². The topological polar surface area (TPSA) is 55.4 Å². The Balaban J connectivity index is 1.81. The van der Waals surface area contributed by atoms with Crippen molar-refractivity contribution >= 4 is 52.8 Å². The first-order valence-corrected chi connectivity index (χ1v) is 8.83. The highest BCUT2D eigenvalue weighted by Crippen LogP contribution is 2.22. The molecule has 2 aromatic carbocycles. The first-order valence-electron chi connectivity index (χ1n) is 7.70. The van der Waals surface area contributed by atoms with Gasteiger partial charge < -0.3 is 10.1 Å². The van der Waals surface area contributed by atoms with Gasteiger partial charge in [0.15, 0.2) is 6.61 Å². The van der Waals surface area contributed by atoms with Crippen molar-refractivity contribution in [3.63, 3.8) is 0 Å². The predicted octanol–water partition coefficient (Wildman–Crippen LogP) is 5.08. The number of nitrogens with one attached hydrogen (secondary N) is 1. The van der Waals surface area contributed by atoms with Crippen LogP contribution in [0.1, 0.15) is 24.1 Å². The average molecular weight is 413 g/mol. The molecular weight excluding hydrogens is 397 g/mol. The summed E-state index contributed by atoms with van der Waals surface area (Å²) in [6, 6.07) is 11.8. The van der Waals surface area contributed by atoms with Crippen LogP contribution in [0.4, 0.5) is 0 Å². The maximum absolute atomic E-state index is 11.9. The van der Waals surface area contributed by atoms with Gasteiger partial charge in [0, 0.05) is 21.1 Å². The van der Waals surface area contributed by atoms with Gasteiger partial charge in [0.05, 0.1) is 6.04 Å². The monoisotopic (exact) mass is 411 g/mol. The lowest BCUT2D eigenvalue weighted by molar-refractivity contribution is -0.144. The first-order chi connectivity index (χ1) is 12.3. The number of rotatable bonds is 6. The third-order valence-electron chi connectivity index (χ3n) is 3.45. The van der Waals surface area contributed by atoms with Gasteiger partial charge in [0.25, 0.3) is 5.91 Å². The molecule has 0 unspecified atom stereocenters. The number of carbonyl (C=O) groups excluding carboxylic acids is 2. The van der Waals surface area contributed by atoms with E-state index < -0.39 is 11.9 Å². The van der Waals surface area contributed by atoms with Crippen molar-refractivity contribution in [3.8, 4) is 0 Å². The molecular formula is C19H16Cl3NO3. The van der Waals surface area contributed by atoms with Crippen LogP contribution < -0.4 is 5.32 Å². The second kappa shape index (κ2) is 9.62. The summed E-state index contributed by atoms with van der Waals surface area (Å²) in [5, 5.41) is 4.27. The second-order valence-corrected chi connectivity index (χ2v) is 6.73. The van der Waals surface area contributed by atoms with E-state index >= 15 is 0 Å². The van der Waals surface area contributed by atoms with Gasteiger partial charge in [-0.15, -0.1) is 0 Å². The summed E-state index contributed by atoms with van der Waals surface area (Å²) in [5.74, 6) is -1.05. The van der Waals surface area contributed by atoms with E-state index in [1.54, 1.807) is 30.3 Å². The van der Waals surface area contributed by atoms with Crippen LogP contribution in [-0.2, 0) is 14.3 Å². The minimum atomic E-state index is -0.648. The predicted molar refractivity (Wildman–Crippen MR) is 104 cm³/mol. The molecule has 26 heavy (non-hydrogen) atoms. The Bertz CT molecular complexity index is 819. The summed E-state index contributed by atoms with van der Waals surface area (Å²) < 4.78 is 4.92. The van der Waals surface area contributed by atoms with Crippen molar-refractivity contribution < 1.29 is 14.3 Å². The molecule has 0 aliphatic carbocycles. The Kier molecular flexibility index (Phi) is 7.51. The van der Waals surface area contributed by atoms with E-state index in [1.165, 1.54) is 12.2 Å². The number of halogens is 3. The van der Waals surface area contributed by atoms with Gasteiger partial charge in [-0.1, -0.05) is 53.0 Å². The summed E-state index contributed by atoms with van der Waals surface area (Å²) >= 11 is 17.6. The van der Waals surface area contributed by atoms with Gasteiger partial charge in [-0.25, -0.2) is 4.79 Å². The van der Waals surface area contributed by atoms with E-state index in [1.807, 2.05) is 19.1 Å². The van der Waals surface area contributed by atoms with Crippen LogP contribution in [0.25, 0.3) is 6.08 Å². The Morgan fingerprint density at radius 3 is 2.38 bits per heavy atom. The zero-order valence-electron chi connectivity index (χ0n) is 13.8. The minimum Gasteiger partial charge on any atom is -0.452 e. The number of hydrogen-bond acceptors (Lipinski definition) is 3. The molecule has 0 aliphatic rings. The number of carbonyl (C=O) groups is 2.